The van der Waals surface area contributed by atoms with Gasteiger partial charge in [-0.05, 0) is 13.3 Å². The molecular formula is C12H16O5S. The molecular weight excluding hydrogens is 256 g/mol. The molecule has 5 nitrogen and oxygen atoms in total. The Morgan fingerprint density at radius 3 is 2.39 bits per heavy atom. The van der Waals surface area contributed by atoms with Gasteiger partial charge < -0.3 is 14.2 Å². The van der Waals surface area contributed by atoms with E-state index in [2.05, 4.69) is 6.58 Å². The molecule has 18 heavy (non-hydrogen) atoms. The molecule has 0 aromatic carbocycles. The molecule has 3 rings (SSSR count). The van der Waals surface area contributed by atoms with Gasteiger partial charge in [0.25, 0.3) is 0 Å². The van der Waals surface area contributed by atoms with E-state index in [0.29, 0.717) is 19.6 Å². The van der Waals surface area contributed by atoms with Crippen molar-refractivity contribution in [3.8, 4) is 0 Å². The smallest absolute Gasteiger partial charge is 0.210 e. The van der Waals surface area contributed by atoms with E-state index in [0.717, 1.165) is 0 Å². The van der Waals surface area contributed by atoms with Crippen molar-refractivity contribution < 1.29 is 22.6 Å². The molecule has 3 aliphatic heterocycles. The second kappa shape index (κ2) is 3.66. The molecule has 0 radical (unpaired) electrons. The van der Waals surface area contributed by atoms with E-state index in [-0.39, 0.29) is 0 Å². The molecule has 6 heteroatoms. The van der Waals surface area contributed by atoms with Gasteiger partial charge in [-0.25, -0.2) is 8.42 Å². The average Bonchev–Trinajstić information content (AvgIpc) is 3.19. The Bertz CT molecular complexity index is 499. The van der Waals surface area contributed by atoms with Gasteiger partial charge in [-0.2, -0.15) is 0 Å². The lowest BCUT2D eigenvalue weighted by Gasteiger charge is -2.40. The molecule has 0 aromatic rings. The molecule has 4 unspecified atom stereocenters. The van der Waals surface area contributed by atoms with E-state index in [1.165, 1.54) is 0 Å². The predicted molar refractivity (Wildman–Crippen MR) is 64.6 cm³/mol. The van der Waals surface area contributed by atoms with Crippen LogP contribution in [0.15, 0.2) is 24.8 Å². The largest absolute Gasteiger partial charge is 0.365 e. The van der Waals surface area contributed by atoms with E-state index < -0.39 is 31.9 Å². The number of sulfone groups is 1. The zero-order valence-corrected chi connectivity index (χ0v) is 11.0. The molecule has 0 aliphatic carbocycles. The van der Waals surface area contributed by atoms with Crippen LogP contribution in [-0.4, -0.2) is 43.7 Å². The van der Waals surface area contributed by atoms with Crippen molar-refractivity contribution >= 4 is 9.84 Å². The van der Waals surface area contributed by atoms with Crippen molar-refractivity contribution in [3.63, 3.8) is 0 Å². The van der Waals surface area contributed by atoms with Gasteiger partial charge in [-0.15, -0.1) is 6.58 Å². The van der Waals surface area contributed by atoms with Crippen molar-refractivity contribution in [1.29, 1.82) is 0 Å². The van der Waals surface area contributed by atoms with Crippen molar-refractivity contribution in [2.45, 2.75) is 35.4 Å². The minimum Gasteiger partial charge on any atom is -0.365 e. The van der Waals surface area contributed by atoms with Gasteiger partial charge in [-0.3, -0.25) is 0 Å². The second-order valence-corrected chi connectivity index (χ2v) is 7.01. The number of rotatable bonds is 5. The molecule has 0 amide bonds. The summed E-state index contributed by atoms with van der Waals surface area (Å²) < 4.78 is 40.8. The standard InChI is InChI=1S/C12H16O5S/c1-3-5-11(7-15-11)9-17-10(18(9,13)14)12(6-4-2)8-16-12/h3-4,6,9-10H,1,5,7-8H2,2H3/b6-4+. The van der Waals surface area contributed by atoms with Crippen molar-refractivity contribution in [3.05, 3.63) is 24.8 Å². The van der Waals surface area contributed by atoms with E-state index >= 15 is 0 Å². The highest BCUT2D eigenvalue weighted by atomic mass is 32.2. The lowest BCUT2D eigenvalue weighted by molar-refractivity contribution is -0.0380. The first-order valence-electron chi connectivity index (χ1n) is 5.92. The SMILES string of the molecule is C=CCC1(C2OC(C3(/C=C/C)CO3)S2(=O)=O)CO1. The van der Waals surface area contributed by atoms with Crippen molar-refractivity contribution in [2.24, 2.45) is 0 Å². The highest BCUT2D eigenvalue weighted by Gasteiger charge is 2.72. The van der Waals surface area contributed by atoms with Crippen molar-refractivity contribution in [2.75, 3.05) is 13.2 Å². The zero-order chi connectivity index (χ0) is 13.0. The maximum Gasteiger partial charge on any atom is 0.210 e. The fourth-order valence-corrected chi connectivity index (χ4v) is 4.69. The highest BCUT2D eigenvalue weighted by molar-refractivity contribution is 7.93. The van der Waals surface area contributed by atoms with Crippen LogP contribution in [0.3, 0.4) is 0 Å². The summed E-state index contributed by atoms with van der Waals surface area (Å²) in [5.74, 6) is 0. The quantitative estimate of drug-likeness (QED) is 0.546. The topological polar surface area (TPSA) is 68.4 Å². The minimum absolute atomic E-state index is 0.392. The maximum absolute atomic E-state index is 12.3. The summed E-state index contributed by atoms with van der Waals surface area (Å²) in [6, 6.07) is 0. The first kappa shape index (κ1) is 12.3. The van der Waals surface area contributed by atoms with Crippen LogP contribution in [0.4, 0.5) is 0 Å². The van der Waals surface area contributed by atoms with E-state index in [9.17, 15) is 8.42 Å². The van der Waals surface area contributed by atoms with Crippen LogP contribution in [0.5, 0.6) is 0 Å². The van der Waals surface area contributed by atoms with Crippen LogP contribution in [0, 0.1) is 0 Å². The summed E-state index contributed by atoms with van der Waals surface area (Å²) in [7, 11) is -3.37. The van der Waals surface area contributed by atoms with Crippen LogP contribution in [-0.2, 0) is 24.0 Å². The Morgan fingerprint density at radius 1 is 1.33 bits per heavy atom. The van der Waals surface area contributed by atoms with Crippen LogP contribution >= 0.6 is 0 Å². The average molecular weight is 272 g/mol. The predicted octanol–water partition coefficient (Wildman–Crippen LogP) is 0.774. The minimum atomic E-state index is -3.37. The zero-order valence-electron chi connectivity index (χ0n) is 10.2. The molecule has 0 saturated carbocycles. The molecule has 4 atom stereocenters. The molecule has 100 valence electrons. The molecule has 0 N–H and O–H groups in total. The summed E-state index contributed by atoms with van der Waals surface area (Å²) >= 11 is 0. The Labute approximate surface area is 106 Å². The Balaban J connectivity index is 1.80. The van der Waals surface area contributed by atoms with E-state index in [1.54, 1.807) is 18.2 Å². The molecule has 3 saturated heterocycles. The summed E-state index contributed by atoms with van der Waals surface area (Å²) in [4.78, 5) is 0. The van der Waals surface area contributed by atoms with Gasteiger partial charge in [0.15, 0.2) is 16.5 Å². The lowest BCUT2D eigenvalue weighted by Crippen LogP contribution is -2.61. The second-order valence-electron chi connectivity index (χ2n) is 4.98. The fourth-order valence-electron chi connectivity index (χ4n) is 2.51. The van der Waals surface area contributed by atoms with Crippen molar-refractivity contribution in [1.82, 2.24) is 0 Å². The van der Waals surface area contributed by atoms with Gasteiger partial charge in [0.05, 0.1) is 13.2 Å². The van der Waals surface area contributed by atoms with E-state index in [4.69, 9.17) is 14.2 Å². The number of ether oxygens (including phenoxy) is 3. The lowest BCUT2D eigenvalue weighted by atomic mass is 10.1. The normalized spacial score (nSPS) is 48.7. The maximum atomic E-state index is 12.3. The van der Waals surface area contributed by atoms with E-state index in [1.807, 2.05) is 6.92 Å². The van der Waals surface area contributed by atoms with Crippen LogP contribution < -0.4 is 0 Å². The monoisotopic (exact) mass is 272 g/mol. The van der Waals surface area contributed by atoms with Gasteiger partial charge >= 0.3 is 0 Å². The molecule has 0 aromatic heterocycles. The van der Waals surface area contributed by atoms with Gasteiger partial charge in [0.1, 0.15) is 5.60 Å². The van der Waals surface area contributed by atoms with Crippen LogP contribution in [0.2, 0.25) is 0 Å². The Hall–Kier alpha value is -0.690. The van der Waals surface area contributed by atoms with Gasteiger partial charge in [-0.1, -0.05) is 18.2 Å². The first-order chi connectivity index (χ1) is 8.51. The third kappa shape index (κ3) is 1.53. The number of epoxide rings is 2. The van der Waals surface area contributed by atoms with Crippen LogP contribution in [0.25, 0.3) is 0 Å². The third-order valence-electron chi connectivity index (χ3n) is 3.60. The fraction of sp³-hybridized carbons (Fsp3) is 0.667. The van der Waals surface area contributed by atoms with Gasteiger partial charge in [0, 0.05) is 0 Å². The van der Waals surface area contributed by atoms with Crippen LogP contribution in [0.1, 0.15) is 13.3 Å². The van der Waals surface area contributed by atoms with Gasteiger partial charge in [0.2, 0.25) is 9.84 Å². The molecule has 3 heterocycles. The third-order valence-corrected chi connectivity index (χ3v) is 5.85. The highest BCUT2D eigenvalue weighted by Crippen LogP contribution is 2.52. The Kier molecular flexibility index (Phi) is 2.51. The molecule has 3 fully saturated rings. The summed E-state index contributed by atoms with van der Waals surface area (Å²) in [5, 5.41) is 0. The molecule has 3 aliphatic rings. The Morgan fingerprint density at radius 2 is 2.00 bits per heavy atom. The molecule has 0 spiro atoms. The number of allylic oxidation sites excluding steroid dienone is 1. The summed E-state index contributed by atoms with van der Waals surface area (Å²) in [6.45, 7) is 6.25. The molecule has 0 bridgehead atoms. The summed E-state index contributed by atoms with van der Waals surface area (Å²) in [5.41, 5.74) is -3.24. The number of hydrogen-bond acceptors (Lipinski definition) is 5. The number of hydrogen-bond donors (Lipinski definition) is 0. The summed E-state index contributed by atoms with van der Waals surface area (Å²) in [6.07, 6.45) is 5.68. The first-order valence-corrected chi connectivity index (χ1v) is 7.53.